The molecule has 0 aromatic carbocycles. The van der Waals surface area contributed by atoms with Gasteiger partial charge in [0.15, 0.2) is 19.1 Å². The van der Waals surface area contributed by atoms with Crippen LogP contribution in [0.25, 0.3) is 0 Å². The summed E-state index contributed by atoms with van der Waals surface area (Å²) >= 11 is 0. The van der Waals surface area contributed by atoms with E-state index in [0.29, 0.717) is 0 Å². The van der Waals surface area contributed by atoms with E-state index in [9.17, 15) is 29.7 Å². The van der Waals surface area contributed by atoms with E-state index < -0.39 is 37.0 Å². The molecule has 3 aromatic heterocycles. The zero-order valence-electron chi connectivity index (χ0n) is 22.4. The van der Waals surface area contributed by atoms with Crippen LogP contribution in [0.3, 0.4) is 0 Å². The number of carbonyl (C=O) groups is 3. The molecular weight excluding hydrogens is 552 g/mol. The Balaban J connectivity index is 1.40. The first-order valence-corrected chi connectivity index (χ1v) is 12.9. The first-order valence-electron chi connectivity index (χ1n) is 12.9. The van der Waals surface area contributed by atoms with Crippen molar-refractivity contribution in [2.75, 3.05) is 39.5 Å². The standard InChI is InChI=1S/C27H30N6O9/c34-22(19-1-7-28-8-2-19)40-16-13-31-25(37)32(14-17-41-23(35)20-3-9-29-10-4-20)27(39)33(26(31)38)15-18-42-24(36)21-5-11-30-12-6-21/h1-12,25-27,37-39H,13-18H2. The summed E-state index contributed by atoms with van der Waals surface area (Å²) in [6.07, 6.45) is 3.94. The second kappa shape index (κ2) is 15.0. The number of rotatable bonds is 12. The monoisotopic (exact) mass is 582 g/mol. The second-order valence-electron chi connectivity index (χ2n) is 8.87. The summed E-state index contributed by atoms with van der Waals surface area (Å²) in [7, 11) is 0. The number of ether oxygens (including phenoxy) is 3. The van der Waals surface area contributed by atoms with Gasteiger partial charge in [0.2, 0.25) is 0 Å². The maximum Gasteiger partial charge on any atom is 0.338 e. The van der Waals surface area contributed by atoms with Crippen LogP contribution in [0.5, 0.6) is 0 Å². The van der Waals surface area contributed by atoms with E-state index >= 15 is 0 Å². The van der Waals surface area contributed by atoms with Crippen LogP contribution in [-0.2, 0) is 14.2 Å². The summed E-state index contributed by atoms with van der Waals surface area (Å²) in [5.41, 5.74) is 0.821. The molecule has 0 spiro atoms. The lowest BCUT2D eigenvalue weighted by Gasteiger charge is -2.51. The van der Waals surface area contributed by atoms with Crippen molar-refractivity contribution in [3.05, 3.63) is 90.3 Å². The summed E-state index contributed by atoms with van der Waals surface area (Å²) in [6.45, 7) is -1.10. The van der Waals surface area contributed by atoms with Crippen molar-refractivity contribution in [3.8, 4) is 0 Å². The molecule has 15 nitrogen and oxygen atoms in total. The lowest BCUT2D eigenvalue weighted by Crippen LogP contribution is -2.72. The predicted octanol–water partition coefficient (Wildman–Crippen LogP) is -0.510. The Labute approximate surface area is 240 Å². The van der Waals surface area contributed by atoms with E-state index in [2.05, 4.69) is 15.0 Å². The molecule has 3 aromatic rings. The molecule has 1 aliphatic heterocycles. The highest BCUT2D eigenvalue weighted by molar-refractivity contribution is 5.90. The van der Waals surface area contributed by atoms with Gasteiger partial charge >= 0.3 is 17.9 Å². The number of nitrogens with zero attached hydrogens (tertiary/aromatic N) is 6. The minimum atomic E-state index is -1.56. The number of pyridine rings is 3. The van der Waals surface area contributed by atoms with Crippen molar-refractivity contribution in [2.24, 2.45) is 0 Å². The van der Waals surface area contributed by atoms with Gasteiger partial charge in [-0.3, -0.25) is 15.0 Å². The third kappa shape index (κ3) is 7.88. The van der Waals surface area contributed by atoms with E-state index in [4.69, 9.17) is 14.2 Å². The highest BCUT2D eigenvalue weighted by atomic mass is 16.5. The van der Waals surface area contributed by atoms with Crippen LogP contribution in [0.4, 0.5) is 0 Å². The van der Waals surface area contributed by atoms with E-state index in [1.165, 1.54) is 73.6 Å². The molecule has 0 atom stereocenters. The van der Waals surface area contributed by atoms with E-state index in [1.807, 2.05) is 0 Å². The Morgan fingerprint density at radius 3 is 1.00 bits per heavy atom. The summed E-state index contributed by atoms with van der Waals surface area (Å²) in [6, 6.07) is 8.88. The van der Waals surface area contributed by atoms with Crippen molar-refractivity contribution in [1.82, 2.24) is 29.7 Å². The Hall–Kier alpha value is -4.38. The number of aliphatic hydroxyl groups is 3. The molecule has 42 heavy (non-hydrogen) atoms. The highest BCUT2D eigenvalue weighted by Crippen LogP contribution is 2.22. The smallest absolute Gasteiger partial charge is 0.338 e. The summed E-state index contributed by atoms with van der Waals surface area (Å²) in [4.78, 5) is 51.9. The molecule has 0 saturated carbocycles. The SMILES string of the molecule is O=C(OCCN1C(O)N(CCOC(=O)c2ccncc2)C(O)N(CCOC(=O)c2ccncc2)C1O)c1ccncc1. The van der Waals surface area contributed by atoms with Gasteiger partial charge in [0.25, 0.3) is 0 Å². The average Bonchev–Trinajstić information content (AvgIpc) is 3.03. The van der Waals surface area contributed by atoms with Crippen molar-refractivity contribution in [1.29, 1.82) is 0 Å². The molecule has 1 saturated heterocycles. The number of aromatic nitrogens is 3. The van der Waals surface area contributed by atoms with Gasteiger partial charge in [-0.2, -0.15) is 0 Å². The van der Waals surface area contributed by atoms with Crippen LogP contribution in [0.15, 0.2) is 73.6 Å². The number of aliphatic hydroxyl groups excluding tert-OH is 3. The minimum Gasteiger partial charge on any atom is -0.461 e. The highest BCUT2D eigenvalue weighted by Gasteiger charge is 2.44. The van der Waals surface area contributed by atoms with Crippen LogP contribution in [0.2, 0.25) is 0 Å². The Morgan fingerprint density at radius 1 is 0.524 bits per heavy atom. The summed E-state index contributed by atoms with van der Waals surface area (Å²) in [5, 5.41) is 33.1. The third-order valence-corrected chi connectivity index (χ3v) is 6.28. The molecule has 0 bridgehead atoms. The average molecular weight is 583 g/mol. The van der Waals surface area contributed by atoms with Crippen LogP contribution < -0.4 is 0 Å². The van der Waals surface area contributed by atoms with Gasteiger partial charge in [-0.15, -0.1) is 0 Å². The lowest BCUT2D eigenvalue weighted by atomic mass is 10.3. The van der Waals surface area contributed by atoms with Gasteiger partial charge in [-0.25, -0.2) is 29.1 Å². The Kier molecular flexibility index (Phi) is 10.9. The Bertz CT molecular complexity index is 1130. The van der Waals surface area contributed by atoms with Gasteiger partial charge in [-0.1, -0.05) is 0 Å². The fourth-order valence-corrected chi connectivity index (χ4v) is 4.07. The van der Waals surface area contributed by atoms with Crippen molar-refractivity contribution >= 4 is 17.9 Å². The quantitative estimate of drug-likeness (QED) is 0.183. The molecule has 1 aliphatic rings. The second-order valence-corrected chi connectivity index (χ2v) is 8.87. The van der Waals surface area contributed by atoms with Crippen LogP contribution in [0.1, 0.15) is 31.1 Å². The molecule has 0 radical (unpaired) electrons. The van der Waals surface area contributed by atoms with Crippen molar-refractivity contribution in [2.45, 2.75) is 19.1 Å². The summed E-state index contributed by atoms with van der Waals surface area (Å²) < 4.78 is 15.8. The van der Waals surface area contributed by atoms with Crippen molar-refractivity contribution in [3.63, 3.8) is 0 Å². The van der Waals surface area contributed by atoms with E-state index in [-0.39, 0.29) is 56.1 Å². The molecule has 0 amide bonds. The number of esters is 3. The molecule has 222 valence electrons. The van der Waals surface area contributed by atoms with Gasteiger partial charge in [-0.05, 0) is 36.4 Å². The van der Waals surface area contributed by atoms with Gasteiger partial charge in [0.1, 0.15) is 19.8 Å². The number of carbonyl (C=O) groups excluding carboxylic acids is 3. The minimum absolute atomic E-state index is 0.146. The van der Waals surface area contributed by atoms with Crippen LogP contribution in [0, 0.1) is 0 Å². The van der Waals surface area contributed by atoms with Crippen molar-refractivity contribution < 1.29 is 43.9 Å². The molecule has 3 N–H and O–H groups in total. The molecule has 15 heteroatoms. The van der Waals surface area contributed by atoms with Crippen LogP contribution in [-0.4, -0.2) is 121 Å². The normalized spacial score (nSPS) is 19.6. The van der Waals surface area contributed by atoms with Gasteiger partial charge in [0, 0.05) is 56.8 Å². The van der Waals surface area contributed by atoms with Gasteiger partial charge in [0.05, 0.1) is 16.7 Å². The molecule has 4 rings (SSSR count). The zero-order chi connectivity index (χ0) is 29.9. The molecule has 4 heterocycles. The molecule has 1 fully saturated rings. The fraction of sp³-hybridized carbons (Fsp3) is 0.333. The van der Waals surface area contributed by atoms with E-state index in [1.54, 1.807) is 0 Å². The zero-order valence-corrected chi connectivity index (χ0v) is 22.4. The third-order valence-electron chi connectivity index (χ3n) is 6.28. The molecular formula is C27H30N6O9. The first-order chi connectivity index (χ1) is 20.4. The topological polar surface area (TPSA) is 188 Å². The summed E-state index contributed by atoms with van der Waals surface area (Å²) in [5.74, 6) is -1.88. The van der Waals surface area contributed by atoms with Crippen LogP contribution >= 0.6 is 0 Å². The van der Waals surface area contributed by atoms with Gasteiger partial charge < -0.3 is 29.5 Å². The fourth-order valence-electron chi connectivity index (χ4n) is 4.07. The number of hydrogen-bond donors (Lipinski definition) is 3. The maximum atomic E-state index is 12.3. The molecule has 0 unspecified atom stereocenters. The number of hydrogen-bond acceptors (Lipinski definition) is 15. The Morgan fingerprint density at radius 2 is 0.762 bits per heavy atom. The lowest BCUT2D eigenvalue weighted by molar-refractivity contribution is -0.341. The molecule has 0 aliphatic carbocycles. The maximum absolute atomic E-state index is 12.3. The predicted molar refractivity (Wildman–Crippen MR) is 142 cm³/mol. The first kappa shape index (κ1) is 30.6. The largest absolute Gasteiger partial charge is 0.461 e. The van der Waals surface area contributed by atoms with E-state index in [0.717, 1.165) is 14.7 Å².